The summed E-state index contributed by atoms with van der Waals surface area (Å²) in [6, 6.07) is 6.22. The highest BCUT2D eigenvalue weighted by Gasteiger charge is 2.34. The zero-order chi connectivity index (χ0) is 34.1. The van der Waals surface area contributed by atoms with Crippen LogP contribution in [0, 0.1) is 0 Å². The van der Waals surface area contributed by atoms with Crippen LogP contribution in [0.3, 0.4) is 0 Å². The molecule has 11 nitrogen and oxygen atoms in total. The second-order valence-corrected chi connectivity index (χ2v) is 14.9. The number of esters is 4. The summed E-state index contributed by atoms with van der Waals surface area (Å²) in [5, 5.41) is 0. The second kappa shape index (κ2) is 15.7. The molecule has 0 aliphatic carbocycles. The number of nitrogen functional groups attached to an aromatic ring is 1. The van der Waals surface area contributed by atoms with E-state index < -0.39 is 52.3 Å². The van der Waals surface area contributed by atoms with Crippen LogP contribution in [-0.2, 0) is 44.5 Å². The summed E-state index contributed by atoms with van der Waals surface area (Å²) in [7, 11) is 0. The summed E-state index contributed by atoms with van der Waals surface area (Å²) in [4.78, 5) is 55.6. The molecule has 0 saturated heterocycles. The molecule has 0 aliphatic rings. The third-order valence-corrected chi connectivity index (χ3v) is 5.53. The lowest BCUT2D eigenvalue weighted by Crippen LogP contribution is -2.51. The van der Waals surface area contributed by atoms with E-state index in [1.807, 2.05) is 12.1 Å². The zero-order valence-electron chi connectivity index (χ0n) is 28.9. The van der Waals surface area contributed by atoms with Crippen molar-refractivity contribution in [1.29, 1.82) is 0 Å². The van der Waals surface area contributed by atoms with E-state index >= 15 is 0 Å². The Bertz CT molecular complexity index is 1080. The van der Waals surface area contributed by atoms with E-state index in [2.05, 4.69) is 0 Å². The molecule has 11 heteroatoms. The fraction of sp³-hybridized carbons (Fsp3) is 0.697. The van der Waals surface area contributed by atoms with Crippen molar-refractivity contribution in [2.75, 3.05) is 38.5 Å². The van der Waals surface area contributed by atoms with Gasteiger partial charge in [-0.3, -0.25) is 29.0 Å². The number of nitrogens with zero attached hydrogens (tertiary/aromatic N) is 2. The number of hydrogen-bond acceptors (Lipinski definition) is 11. The summed E-state index contributed by atoms with van der Waals surface area (Å²) in [5.74, 6) is -2.10. The molecule has 0 spiro atoms. The fourth-order valence-electron chi connectivity index (χ4n) is 4.09. The van der Waals surface area contributed by atoms with Gasteiger partial charge in [0.1, 0.15) is 28.4 Å². The molecule has 2 N–H and O–H groups in total. The van der Waals surface area contributed by atoms with E-state index in [4.69, 9.17) is 24.7 Å². The van der Waals surface area contributed by atoms with Gasteiger partial charge in [0.15, 0.2) is 0 Å². The van der Waals surface area contributed by atoms with Crippen LogP contribution in [0.1, 0.15) is 88.6 Å². The standard InChI is InChI=1S/C33H55N3O8/c1-30(2,3)41-26(37)20-35(21-27(38)42-31(4,5)6)17-18-36(22-28(39)43-32(7,8)9)25(29(40)44-33(10,11)12)19-23-13-15-24(34)16-14-23/h13-16,25H,17-22,34H2,1-12H3. The average Bonchev–Trinajstić information content (AvgIpc) is 2.76. The molecule has 1 rings (SSSR count). The van der Waals surface area contributed by atoms with Crippen molar-refractivity contribution in [3.05, 3.63) is 29.8 Å². The first-order valence-corrected chi connectivity index (χ1v) is 15.0. The molecule has 0 radical (unpaired) electrons. The van der Waals surface area contributed by atoms with Crippen molar-refractivity contribution in [1.82, 2.24) is 9.80 Å². The Labute approximate surface area is 263 Å². The number of rotatable bonds is 13. The van der Waals surface area contributed by atoms with Gasteiger partial charge in [0.2, 0.25) is 0 Å². The van der Waals surface area contributed by atoms with Crippen LogP contribution in [0.5, 0.6) is 0 Å². The maximum atomic E-state index is 13.6. The molecule has 0 amide bonds. The minimum absolute atomic E-state index is 0.115. The SMILES string of the molecule is CC(C)(C)OC(=O)CN(CCN(CC(=O)OC(C)(C)C)C(Cc1ccc(N)cc1)C(=O)OC(C)(C)C)CC(=O)OC(C)(C)C. The van der Waals surface area contributed by atoms with E-state index in [1.54, 1.807) is 105 Å². The largest absolute Gasteiger partial charge is 0.459 e. The van der Waals surface area contributed by atoms with Crippen LogP contribution in [0.25, 0.3) is 0 Å². The lowest BCUT2D eigenvalue weighted by atomic mass is 10.0. The summed E-state index contributed by atoms with van der Waals surface area (Å²) < 4.78 is 22.4. The molecule has 0 fully saturated rings. The molecule has 0 bridgehead atoms. The third kappa shape index (κ3) is 17.8. The lowest BCUT2D eigenvalue weighted by Gasteiger charge is -2.34. The Balaban J connectivity index is 3.44. The molecule has 0 saturated carbocycles. The van der Waals surface area contributed by atoms with E-state index in [-0.39, 0.29) is 39.1 Å². The first-order chi connectivity index (χ1) is 19.8. The topological polar surface area (TPSA) is 138 Å². The Morgan fingerprint density at radius 3 is 1.39 bits per heavy atom. The number of nitrogens with two attached hydrogens (primary N) is 1. The van der Waals surface area contributed by atoms with Crippen molar-refractivity contribution in [2.45, 2.75) is 118 Å². The number of ether oxygens (including phenoxy) is 4. The molecular formula is C33H55N3O8. The molecule has 0 heterocycles. The Hall–Kier alpha value is -3.18. The highest BCUT2D eigenvalue weighted by atomic mass is 16.6. The van der Waals surface area contributed by atoms with E-state index in [0.717, 1.165) is 5.56 Å². The summed E-state index contributed by atoms with van der Waals surface area (Å²) in [6.45, 7) is 20.8. The first kappa shape index (κ1) is 38.8. The summed E-state index contributed by atoms with van der Waals surface area (Å²) >= 11 is 0. The lowest BCUT2D eigenvalue weighted by molar-refractivity contribution is -0.167. The van der Waals surface area contributed by atoms with Crippen LogP contribution < -0.4 is 5.73 Å². The average molecular weight is 622 g/mol. The molecule has 1 aromatic carbocycles. The molecule has 0 aromatic heterocycles. The first-order valence-electron chi connectivity index (χ1n) is 15.0. The summed E-state index contributed by atoms with van der Waals surface area (Å²) in [5.41, 5.74) is 4.28. The van der Waals surface area contributed by atoms with Gasteiger partial charge in [-0.1, -0.05) is 12.1 Å². The zero-order valence-corrected chi connectivity index (χ0v) is 28.9. The maximum Gasteiger partial charge on any atom is 0.324 e. The molecule has 1 aromatic rings. The normalized spacial score (nSPS) is 13.4. The number of anilines is 1. The smallest absolute Gasteiger partial charge is 0.324 e. The summed E-state index contributed by atoms with van der Waals surface area (Å²) in [6.07, 6.45) is 0.218. The quantitative estimate of drug-likeness (QED) is 0.193. The van der Waals surface area contributed by atoms with Crippen LogP contribution >= 0.6 is 0 Å². The number of hydrogen-bond donors (Lipinski definition) is 1. The minimum Gasteiger partial charge on any atom is -0.459 e. The Morgan fingerprint density at radius 2 is 1.00 bits per heavy atom. The van der Waals surface area contributed by atoms with Gasteiger partial charge < -0.3 is 24.7 Å². The van der Waals surface area contributed by atoms with Crippen LogP contribution in [0.2, 0.25) is 0 Å². The Kier molecular flexibility index (Phi) is 13.9. The van der Waals surface area contributed by atoms with Gasteiger partial charge in [-0.25, -0.2) is 0 Å². The van der Waals surface area contributed by atoms with Crippen molar-refractivity contribution in [2.24, 2.45) is 0 Å². The van der Waals surface area contributed by atoms with Gasteiger partial charge in [0.05, 0.1) is 19.6 Å². The third-order valence-electron chi connectivity index (χ3n) is 5.53. The molecule has 1 unspecified atom stereocenters. The highest BCUT2D eigenvalue weighted by Crippen LogP contribution is 2.19. The second-order valence-electron chi connectivity index (χ2n) is 14.9. The fourth-order valence-corrected chi connectivity index (χ4v) is 4.09. The Morgan fingerprint density at radius 1 is 0.614 bits per heavy atom. The predicted octanol–water partition coefficient (Wildman–Crippen LogP) is 4.15. The van der Waals surface area contributed by atoms with Gasteiger partial charge in [0, 0.05) is 18.8 Å². The van der Waals surface area contributed by atoms with E-state index in [0.29, 0.717) is 5.69 Å². The van der Waals surface area contributed by atoms with Gasteiger partial charge in [-0.15, -0.1) is 0 Å². The van der Waals surface area contributed by atoms with Crippen molar-refractivity contribution in [3.8, 4) is 0 Å². The minimum atomic E-state index is -0.893. The van der Waals surface area contributed by atoms with Gasteiger partial charge in [-0.2, -0.15) is 0 Å². The van der Waals surface area contributed by atoms with E-state index in [1.165, 1.54) is 0 Å². The number of benzene rings is 1. The number of carbonyl (C=O) groups is 4. The molecule has 0 aliphatic heterocycles. The van der Waals surface area contributed by atoms with Crippen molar-refractivity contribution < 1.29 is 38.1 Å². The molecule has 1 atom stereocenters. The monoisotopic (exact) mass is 621 g/mol. The predicted molar refractivity (Wildman–Crippen MR) is 170 cm³/mol. The molecule has 44 heavy (non-hydrogen) atoms. The highest BCUT2D eigenvalue weighted by molar-refractivity contribution is 5.79. The van der Waals surface area contributed by atoms with Gasteiger partial charge in [0.25, 0.3) is 0 Å². The maximum absolute atomic E-state index is 13.6. The van der Waals surface area contributed by atoms with Crippen LogP contribution in [0.15, 0.2) is 24.3 Å². The van der Waals surface area contributed by atoms with Crippen LogP contribution in [-0.4, -0.2) is 94.8 Å². The number of carbonyl (C=O) groups excluding carboxylic acids is 4. The van der Waals surface area contributed by atoms with Gasteiger partial charge in [-0.05, 0) is 107 Å². The van der Waals surface area contributed by atoms with E-state index in [9.17, 15) is 19.2 Å². The molecule has 250 valence electrons. The van der Waals surface area contributed by atoms with Crippen molar-refractivity contribution >= 4 is 29.6 Å². The van der Waals surface area contributed by atoms with Gasteiger partial charge >= 0.3 is 23.9 Å². The van der Waals surface area contributed by atoms with Crippen LogP contribution in [0.4, 0.5) is 5.69 Å². The van der Waals surface area contributed by atoms with Crippen molar-refractivity contribution in [3.63, 3.8) is 0 Å². The molecular weight excluding hydrogens is 566 g/mol.